The predicted octanol–water partition coefficient (Wildman–Crippen LogP) is 5.69. The van der Waals surface area contributed by atoms with Gasteiger partial charge in [-0.05, 0) is 18.9 Å². The molecule has 2 aliphatic rings. The summed E-state index contributed by atoms with van der Waals surface area (Å²) < 4.78 is 5.39. The molecule has 1 saturated carbocycles. The van der Waals surface area contributed by atoms with Crippen LogP contribution < -0.4 is 4.74 Å². The molecule has 0 atom stereocenters. The van der Waals surface area contributed by atoms with Crippen molar-refractivity contribution in [2.75, 3.05) is 7.11 Å². The first-order valence-electron chi connectivity index (χ1n) is 10.6. The number of imide groups is 1. The molecule has 1 fully saturated rings. The highest BCUT2D eigenvalue weighted by Gasteiger charge is 2.42. The second-order valence-corrected chi connectivity index (χ2v) is 8.16. The molecule has 1 heterocycles. The van der Waals surface area contributed by atoms with E-state index in [-0.39, 0.29) is 28.5 Å². The van der Waals surface area contributed by atoms with E-state index in [0.29, 0.717) is 11.3 Å². The Labute approximate surface area is 172 Å². The molecule has 4 nitrogen and oxygen atoms in total. The molecule has 0 spiro atoms. The highest BCUT2D eigenvalue weighted by molar-refractivity contribution is 6.55. The largest absolute Gasteiger partial charge is 0.496 e. The van der Waals surface area contributed by atoms with Crippen LogP contribution in [0, 0.1) is 0 Å². The molecule has 152 valence electrons. The van der Waals surface area contributed by atoms with Crippen molar-refractivity contribution in [1.82, 2.24) is 4.90 Å². The number of halogens is 1. The molecule has 0 saturated heterocycles. The summed E-state index contributed by atoms with van der Waals surface area (Å²) in [4.78, 5) is 27.7. The Balaban J connectivity index is 1.82. The molecule has 0 N–H and O–H groups in total. The topological polar surface area (TPSA) is 46.6 Å². The average molecular weight is 404 g/mol. The van der Waals surface area contributed by atoms with E-state index in [1.807, 2.05) is 12.1 Å². The number of hydrogen-bond donors (Lipinski definition) is 0. The van der Waals surface area contributed by atoms with Crippen molar-refractivity contribution < 1.29 is 14.3 Å². The van der Waals surface area contributed by atoms with Crippen molar-refractivity contribution in [2.45, 2.75) is 76.7 Å². The predicted molar refractivity (Wildman–Crippen MR) is 112 cm³/mol. The van der Waals surface area contributed by atoms with E-state index >= 15 is 0 Å². The van der Waals surface area contributed by atoms with E-state index in [1.54, 1.807) is 19.2 Å². The highest BCUT2D eigenvalue weighted by atomic mass is 35.5. The maximum absolute atomic E-state index is 13.3. The fourth-order valence-electron chi connectivity index (χ4n) is 4.34. The summed E-state index contributed by atoms with van der Waals surface area (Å²) in [6.07, 6.45) is 12.5. The van der Waals surface area contributed by atoms with Gasteiger partial charge in [0, 0.05) is 11.6 Å². The number of rotatable bonds is 3. The smallest absolute Gasteiger partial charge is 0.273 e. The summed E-state index contributed by atoms with van der Waals surface area (Å²) in [7, 11) is 1.55. The number of nitrogens with zero attached hydrogens (tertiary/aromatic N) is 1. The zero-order valence-electron chi connectivity index (χ0n) is 16.7. The quantitative estimate of drug-likeness (QED) is 0.609. The number of methoxy groups -OCH3 is 1. The van der Waals surface area contributed by atoms with Gasteiger partial charge in [0.2, 0.25) is 0 Å². The first-order valence-corrected chi connectivity index (χ1v) is 10.9. The Hall–Kier alpha value is -1.81. The first-order chi connectivity index (χ1) is 13.6. The third-order valence-electron chi connectivity index (χ3n) is 5.87. The SMILES string of the molecule is COc1ccccc1C1=C(Cl)C(=O)N(C2CCCCCCCCCCC2)C1=O. The van der Waals surface area contributed by atoms with Crippen LogP contribution in [0.15, 0.2) is 29.3 Å². The minimum absolute atomic E-state index is 0.0145. The van der Waals surface area contributed by atoms with Gasteiger partial charge in [-0.2, -0.15) is 0 Å². The van der Waals surface area contributed by atoms with Gasteiger partial charge in [-0.3, -0.25) is 14.5 Å². The molecule has 1 aromatic carbocycles. The van der Waals surface area contributed by atoms with E-state index in [4.69, 9.17) is 16.3 Å². The third-order valence-corrected chi connectivity index (χ3v) is 6.23. The molecular weight excluding hydrogens is 374 g/mol. The summed E-state index contributed by atoms with van der Waals surface area (Å²) in [6, 6.07) is 7.16. The Morgan fingerprint density at radius 2 is 1.39 bits per heavy atom. The maximum atomic E-state index is 13.3. The fourth-order valence-corrected chi connectivity index (χ4v) is 4.61. The van der Waals surface area contributed by atoms with Crippen LogP contribution in [-0.4, -0.2) is 29.9 Å². The lowest BCUT2D eigenvalue weighted by Crippen LogP contribution is -2.41. The highest BCUT2D eigenvalue weighted by Crippen LogP contribution is 2.38. The van der Waals surface area contributed by atoms with Gasteiger partial charge in [0.25, 0.3) is 11.8 Å². The average Bonchev–Trinajstić information content (AvgIpc) is 2.91. The Kier molecular flexibility index (Phi) is 7.55. The number of carbonyl (C=O) groups excluding carboxylic acids is 2. The first kappa shape index (κ1) is 20.9. The van der Waals surface area contributed by atoms with Crippen molar-refractivity contribution in [2.24, 2.45) is 0 Å². The zero-order valence-corrected chi connectivity index (χ0v) is 17.5. The van der Waals surface area contributed by atoms with Gasteiger partial charge in [0.05, 0.1) is 12.7 Å². The van der Waals surface area contributed by atoms with Gasteiger partial charge in [0.1, 0.15) is 10.8 Å². The summed E-state index contributed by atoms with van der Waals surface area (Å²) in [6.45, 7) is 0. The number of hydrogen-bond acceptors (Lipinski definition) is 3. The van der Waals surface area contributed by atoms with Gasteiger partial charge in [0.15, 0.2) is 0 Å². The number of para-hydroxylation sites is 1. The van der Waals surface area contributed by atoms with Gasteiger partial charge in [-0.25, -0.2) is 0 Å². The van der Waals surface area contributed by atoms with E-state index in [1.165, 1.54) is 37.0 Å². The van der Waals surface area contributed by atoms with Crippen molar-refractivity contribution >= 4 is 29.0 Å². The van der Waals surface area contributed by atoms with Crippen molar-refractivity contribution in [1.29, 1.82) is 0 Å². The molecular formula is C23H30ClNO3. The summed E-state index contributed by atoms with van der Waals surface area (Å²) in [5, 5.41) is 0.0145. The van der Waals surface area contributed by atoms with Crippen LogP contribution in [0.25, 0.3) is 5.57 Å². The molecule has 3 rings (SSSR count). The Morgan fingerprint density at radius 3 is 1.96 bits per heavy atom. The molecule has 0 aromatic heterocycles. The normalized spacial score (nSPS) is 20.9. The third kappa shape index (κ3) is 4.60. The molecule has 0 bridgehead atoms. The summed E-state index contributed by atoms with van der Waals surface area (Å²) >= 11 is 6.39. The van der Waals surface area contributed by atoms with Crippen molar-refractivity contribution in [3.05, 3.63) is 34.9 Å². The van der Waals surface area contributed by atoms with Crippen molar-refractivity contribution in [3.63, 3.8) is 0 Å². The summed E-state index contributed by atoms with van der Waals surface area (Å²) in [5.74, 6) is -0.0846. The fraction of sp³-hybridized carbons (Fsp3) is 0.565. The van der Waals surface area contributed by atoms with Gasteiger partial charge < -0.3 is 4.74 Å². The zero-order chi connectivity index (χ0) is 19.9. The molecule has 2 amide bonds. The second-order valence-electron chi connectivity index (χ2n) is 7.78. The van der Waals surface area contributed by atoms with Crippen LogP contribution in [0.1, 0.15) is 76.2 Å². The number of amides is 2. The van der Waals surface area contributed by atoms with Gasteiger partial charge in [-0.1, -0.05) is 87.6 Å². The summed E-state index contributed by atoms with van der Waals surface area (Å²) in [5.41, 5.74) is 0.860. The van der Waals surface area contributed by atoms with Crippen LogP contribution in [-0.2, 0) is 9.59 Å². The van der Waals surface area contributed by atoms with E-state index < -0.39 is 0 Å². The van der Waals surface area contributed by atoms with E-state index in [2.05, 4.69) is 0 Å². The monoisotopic (exact) mass is 403 g/mol. The molecule has 5 heteroatoms. The minimum atomic E-state index is -0.357. The van der Waals surface area contributed by atoms with E-state index in [0.717, 1.165) is 38.5 Å². The van der Waals surface area contributed by atoms with Crippen molar-refractivity contribution in [3.8, 4) is 5.75 Å². The second kappa shape index (κ2) is 10.1. The molecule has 1 aliphatic carbocycles. The lowest BCUT2D eigenvalue weighted by atomic mass is 9.96. The molecule has 0 radical (unpaired) electrons. The Morgan fingerprint density at radius 1 is 0.857 bits per heavy atom. The number of carbonyl (C=O) groups is 2. The molecule has 0 unspecified atom stereocenters. The van der Waals surface area contributed by atoms with Gasteiger partial charge in [-0.15, -0.1) is 0 Å². The van der Waals surface area contributed by atoms with Crippen LogP contribution in [0.4, 0.5) is 0 Å². The van der Waals surface area contributed by atoms with Crippen LogP contribution >= 0.6 is 11.6 Å². The maximum Gasteiger partial charge on any atom is 0.273 e. The van der Waals surface area contributed by atoms with E-state index in [9.17, 15) is 9.59 Å². The number of benzene rings is 1. The molecule has 1 aliphatic heterocycles. The lowest BCUT2D eigenvalue weighted by molar-refractivity contribution is -0.139. The lowest BCUT2D eigenvalue weighted by Gasteiger charge is -2.27. The van der Waals surface area contributed by atoms with Crippen LogP contribution in [0.3, 0.4) is 0 Å². The molecule has 1 aromatic rings. The standard InChI is InChI=1S/C23H30ClNO3/c1-28-19-16-12-11-15-18(19)20-21(24)23(27)25(22(20)26)17-13-9-7-5-3-2-4-6-8-10-14-17/h11-12,15-17H,2-10,13-14H2,1H3. The number of ether oxygens (including phenoxy) is 1. The van der Waals surface area contributed by atoms with Crippen LogP contribution in [0.5, 0.6) is 5.75 Å². The van der Waals surface area contributed by atoms with Gasteiger partial charge >= 0.3 is 0 Å². The van der Waals surface area contributed by atoms with Crippen LogP contribution in [0.2, 0.25) is 0 Å². The Bertz CT molecular complexity index is 731. The minimum Gasteiger partial charge on any atom is -0.496 e. The molecule has 28 heavy (non-hydrogen) atoms.